The number of nitrogens with two attached hydrogens (primary N) is 1. The van der Waals surface area contributed by atoms with Crippen LogP contribution in [-0.4, -0.2) is 45.3 Å². The Balaban J connectivity index is 0.00000264. The van der Waals surface area contributed by atoms with Gasteiger partial charge in [0.15, 0.2) is 0 Å². The number of hydrogen-bond donors (Lipinski definition) is 2. The predicted molar refractivity (Wildman–Crippen MR) is 92.4 cm³/mol. The fourth-order valence-corrected chi connectivity index (χ4v) is 4.31. The van der Waals surface area contributed by atoms with E-state index in [1.165, 1.54) is 16.4 Å². The van der Waals surface area contributed by atoms with E-state index in [-0.39, 0.29) is 22.9 Å². The lowest BCUT2D eigenvalue weighted by atomic mass is 9.98. The van der Waals surface area contributed by atoms with Crippen LogP contribution in [0.25, 0.3) is 0 Å². The van der Waals surface area contributed by atoms with Crippen LogP contribution in [0, 0.1) is 12.8 Å². The van der Waals surface area contributed by atoms with Crippen LogP contribution >= 0.6 is 12.4 Å². The molecule has 1 fully saturated rings. The summed E-state index contributed by atoms with van der Waals surface area (Å²) in [6.45, 7) is 3.66. The van der Waals surface area contributed by atoms with Crippen molar-refractivity contribution in [1.29, 1.82) is 0 Å². The molecule has 8 heteroatoms. The third kappa shape index (κ3) is 4.44. The fourth-order valence-electron chi connectivity index (χ4n) is 2.82. The van der Waals surface area contributed by atoms with Crippen molar-refractivity contribution in [3.8, 4) is 0 Å². The van der Waals surface area contributed by atoms with E-state index in [0.717, 1.165) is 19.4 Å². The number of carbonyl (C=O) groups is 1. The van der Waals surface area contributed by atoms with Gasteiger partial charge in [-0.05, 0) is 57.0 Å². The highest BCUT2D eigenvalue weighted by Crippen LogP contribution is 2.24. The number of primary amides is 1. The molecule has 1 heterocycles. The topological polar surface area (TPSA) is 92.5 Å². The third-order valence-corrected chi connectivity index (χ3v) is 6.07. The van der Waals surface area contributed by atoms with E-state index in [0.29, 0.717) is 24.6 Å². The van der Waals surface area contributed by atoms with Crippen molar-refractivity contribution in [2.75, 3.05) is 26.7 Å². The number of benzene rings is 1. The van der Waals surface area contributed by atoms with Crippen LogP contribution in [0.4, 0.5) is 0 Å². The van der Waals surface area contributed by atoms with Crippen molar-refractivity contribution in [3.63, 3.8) is 0 Å². The van der Waals surface area contributed by atoms with Crippen molar-refractivity contribution in [2.45, 2.75) is 24.7 Å². The molecular weight excluding hydrogens is 338 g/mol. The maximum Gasteiger partial charge on any atom is 0.249 e. The van der Waals surface area contributed by atoms with E-state index in [2.05, 4.69) is 5.32 Å². The molecule has 130 valence electrons. The third-order valence-electron chi connectivity index (χ3n) is 4.18. The van der Waals surface area contributed by atoms with Gasteiger partial charge in [0.05, 0.1) is 4.90 Å². The standard InChI is InChI=1S/C15H23N3O3S.ClH/c1-11-3-4-13(9-14(11)15(16)19)22(20,21)18-7-5-12(6-8-18)10-17-2;/h3-4,9,12,17H,5-8,10H2,1-2H3,(H2,16,19);1H. The van der Waals surface area contributed by atoms with Crippen molar-refractivity contribution >= 4 is 28.3 Å². The van der Waals surface area contributed by atoms with Gasteiger partial charge in [0.2, 0.25) is 15.9 Å². The second-order valence-electron chi connectivity index (χ2n) is 5.75. The number of aryl methyl sites for hydroxylation is 1. The van der Waals surface area contributed by atoms with Crippen LogP contribution in [0.1, 0.15) is 28.8 Å². The van der Waals surface area contributed by atoms with Gasteiger partial charge in [0.25, 0.3) is 0 Å². The van der Waals surface area contributed by atoms with E-state index >= 15 is 0 Å². The number of rotatable bonds is 5. The number of piperidine rings is 1. The molecule has 1 aliphatic rings. The minimum atomic E-state index is -3.57. The van der Waals surface area contributed by atoms with Crippen molar-refractivity contribution < 1.29 is 13.2 Å². The van der Waals surface area contributed by atoms with Gasteiger partial charge in [-0.25, -0.2) is 8.42 Å². The molecule has 1 aromatic carbocycles. The Bertz CT molecular complexity index is 656. The summed E-state index contributed by atoms with van der Waals surface area (Å²) in [5, 5.41) is 3.13. The van der Waals surface area contributed by atoms with Gasteiger partial charge in [-0.2, -0.15) is 4.31 Å². The lowest BCUT2D eigenvalue weighted by Crippen LogP contribution is -2.40. The maximum absolute atomic E-state index is 12.7. The van der Waals surface area contributed by atoms with Crippen LogP contribution < -0.4 is 11.1 Å². The van der Waals surface area contributed by atoms with Gasteiger partial charge < -0.3 is 11.1 Å². The molecule has 0 aromatic heterocycles. The molecule has 1 aromatic rings. The predicted octanol–water partition coefficient (Wildman–Crippen LogP) is 1.14. The number of nitrogens with zero attached hydrogens (tertiary/aromatic N) is 1. The summed E-state index contributed by atoms with van der Waals surface area (Å²) in [5.74, 6) is -0.0991. The summed E-state index contributed by atoms with van der Waals surface area (Å²) >= 11 is 0. The normalized spacial score (nSPS) is 16.8. The molecule has 1 saturated heterocycles. The van der Waals surface area contributed by atoms with Gasteiger partial charge in [-0.15, -0.1) is 12.4 Å². The Labute approximate surface area is 143 Å². The van der Waals surface area contributed by atoms with E-state index in [4.69, 9.17) is 5.73 Å². The molecule has 2 rings (SSSR count). The minimum Gasteiger partial charge on any atom is -0.366 e. The Morgan fingerprint density at radius 3 is 2.48 bits per heavy atom. The lowest BCUT2D eigenvalue weighted by molar-refractivity contribution is 0.0999. The summed E-state index contributed by atoms with van der Waals surface area (Å²) in [6, 6.07) is 4.55. The number of nitrogens with one attached hydrogen (secondary N) is 1. The van der Waals surface area contributed by atoms with Gasteiger partial charge >= 0.3 is 0 Å². The summed E-state index contributed by atoms with van der Waals surface area (Å²) in [5.41, 5.74) is 6.24. The van der Waals surface area contributed by atoms with E-state index in [9.17, 15) is 13.2 Å². The van der Waals surface area contributed by atoms with Gasteiger partial charge in [0.1, 0.15) is 0 Å². The lowest BCUT2D eigenvalue weighted by Gasteiger charge is -2.31. The Kier molecular flexibility index (Phi) is 7.01. The number of halogens is 1. The van der Waals surface area contributed by atoms with Gasteiger partial charge in [-0.3, -0.25) is 4.79 Å². The zero-order valence-electron chi connectivity index (χ0n) is 13.4. The first-order chi connectivity index (χ1) is 10.4. The average molecular weight is 362 g/mol. The molecule has 0 unspecified atom stereocenters. The summed E-state index contributed by atoms with van der Waals surface area (Å²) in [6.07, 6.45) is 1.68. The number of amides is 1. The average Bonchev–Trinajstić information content (AvgIpc) is 2.48. The molecule has 1 amide bonds. The first-order valence-electron chi connectivity index (χ1n) is 7.41. The molecule has 3 N–H and O–H groups in total. The molecule has 1 aliphatic heterocycles. The smallest absolute Gasteiger partial charge is 0.249 e. The summed E-state index contributed by atoms with van der Waals surface area (Å²) < 4.78 is 26.9. The molecule has 6 nitrogen and oxygen atoms in total. The second-order valence-corrected chi connectivity index (χ2v) is 7.68. The van der Waals surface area contributed by atoms with Gasteiger partial charge in [-0.1, -0.05) is 6.07 Å². The fraction of sp³-hybridized carbons (Fsp3) is 0.533. The number of hydrogen-bond acceptors (Lipinski definition) is 4. The van der Waals surface area contributed by atoms with Crippen molar-refractivity contribution in [3.05, 3.63) is 29.3 Å². The molecule has 0 spiro atoms. The zero-order valence-corrected chi connectivity index (χ0v) is 15.0. The minimum absolute atomic E-state index is 0. The van der Waals surface area contributed by atoms with Crippen LogP contribution in [0.2, 0.25) is 0 Å². The second kappa shape index (κ2) is 8.10. The molecular formula is C15H24ClN3O3S. The molecule has 0 bridgehead atoms. The Hall–Kier alpha value is -1.15. The maximum atomic E-state index is 12.7. The van der Waals surface area contributed by atoms with Crippen LogP contribution in [0.15, 0.2) is 23.1 Å². The van der Waals surface area contributed by atoms with E-state index < -0.39 is 15.9 Å². The van der Waals surface area contributed by atoms with Crippen LogP contribution in [0.5, 0.6) is 0 Å². The van der Waals surface area contributed by atoms with Crippen molar-refractivity contribution in [2.24, 2.45) is 11.7 Å². The molecule has 0 saturated carbocycles. The molecule has 0 radical (unpaired) electrons. The largest absolute Gasteiger partial charge is 0.366 e. The first kappa shape index (κ1) is 19.9. The molecule has 0 aliphatic carbocycles. The number of carbonyl (C=O) groups excluding carboxylic acids is 1. The Morgan fingerprint density at radius 1 is 1.35 bits per heavy atom. The molecule has 0 atom stereocenters. The van der Waals surface area contributed by atoms with Crippen LogP contribution in [0.3, 0.4) is 0 Å². The van der Waals surface area contributed by atoms with Gasteiger partial charge in [0, 0.05) is 18.7 Å². The van der Waals surface area contributed by atoms with E-state index in [1.807, 2.05) is 7.05 Å². The first-order valence-corrected chi connectivity index (χ1v) is 8.85. The zero-order chi connectivity index (χ0) is 16.3. The van der Waals surface area contributed by atoms with E-state index in [1.54, 1.807) is 13.0 Å². The Morgan fingerprint density at radius 2 is 1.96 bits per heavy atom. The SMILES string of the molecule is CNCC1CCN(S(=O)(=O)c2ccc(C)c(C(N)=O)c2)CC1.Cl. The summed E-state index contributed by atoms with van der Waals surface area (Å²) in [4.78, 5) is 11.5. The highest BCUT2D eigenvalue weighted by molar-refractivity contribution is 7.89. The monoisotopic (exact) mass is 361 g/mol. The summed E-state index contributed by atoms with van der Waals surface area (Å²) in [7, 11) is -1.66. The number of sulfonamides is 1. The molecule has 23 heavy (non-hydrogen) atoms. The van der Waals surface area contributed by atoms with Crippen LogP contribution in [-0.2, 0) is 10.0 Å². The quantitative estimate of drug-likeness (QED) is 0.822. The highest BCUT2D eigenvalue weighted by atomic mass is 35.5. The van der Waals surface area contributed by atoms with Crippen molar-refractivity contribution in [1.82, 2.24) is 9.62 Å². The highest BCUT2D eigenvalue weighted by Gasteiger charge is 2.29.